The van der Waals surface area contributed by atoms with Gasteiger partial charge in [0.1, 0.15) is 11.2 Å². The molecule has 2 aromatic heterocycles. The van der Waals surface area contributed by atoms with Crippen molar-refractivity contribution in [1.82, 2.24) is 4.57 Å². The highest BCUT2D eigenvalue weighted by Gasteiger charge is 2.24. The van der Waals surface area contributed by atoms with Crippen molar-refractivity contribution in [3.05, 3.63) is 218 Å². The summed E-state index contributed by atoms with van der Waals surface area (Å²) in [6.07, 6.45) is 0. The van der Waals surface area contributed by atoms with E-state index >= 15 is 0 Å². The molecule has 0 aliphatic rings. The van der Waals surface area contributed by atoms with Crippen molar-refractivity contribution in [2.45, 2.75) is 6.92 Å². The van der Waals surface area contributed by atoms with Gasteiger partial charge in [-0.2, -0.15) is 0 Å². The van der Waals surface area contributed by atoms with Crippen LogP contribution in [0.5, 0.6) is 0 Å². The Morgan fingerprint density at radius 3 is 1.67 bits per heavy atom. The number of hydrogen-bond acceptors (Lipinski definition) is 2. The van der Waals surface area contributed by atoms with E-state index in [0.29, 0.717) is 0 Å². The molecule has 11 aromatic rings. The van der Waals surface area contributed by atoms with Crippen molar-refractivity contribution < 1.29 is 4.42 Å². The van der Waals surface area contributed by atoms with Gasteiger partial charge in [0.2, 0.25) is 0 Å². The van der Waals surface area contributed by atoms with E-state index in [9.17, 15) is 0 Å². The molecule has 0 bridgehead atoms. The third kappa shape index (κ3) is 5.51. The van der Waals surface area contributed by atoms with Gasteiger partial charge < -0.3 is 13.9 Å². The Morgan fingerprint density at radius 2 is 0.966 bits per heavy atom. The Balaban J connectivity index is 1.15. The highest BCUT2D eigenvalue weighted by molar-refractivity contribution is 6.18. The minimum Gasteiger partial charge on any atom is -0.455 e. The molecule has 0 atom stereocenters. The second kappa shape index (κ2) is 13.8. The molecule has 0 unspecified atom stereocenters. The molecule has 0 aliphatic carbocycles. The van der Waals surface area contributed by atoms with Crippen LogP contribution >= 0.6 is 0 Å². The first kappa shape index (κ1) is 33.7. The fourth-order valence-corrected chi connectivity index (χ4v) is 8.88. The normalized spacial score (nSPS) is 11.5. The van der Waals surface area contributed by atoms with Crippen molar-refractivity contribution in [3.8, 4) is 39.1 Å². The maximum Gasteiger partial charge on any atom is 0.145 e. The van der Waals surface area contributed by atoms with E-state index in [1.54, 1.807) is 0 Å². The molecule has 9 aromatic carbocycles. The van der Waals surface area contributed by atoms with E-state index in [1.807, 2.05) is 0 Å². The number of nitrogens with zero attached hydrogens (tertiary/aromatic N) is 2. The van der Waals surface area contributed by atoms with Gasteiger partial charge >= 0.3 is 0 Å². The highest BCUT2D eigenvalue weighted by Crippen LogP contribution is 2.48. The fourth-order valence-electron chi connectivity index (χ4n) is 8.88. The number of aromatic nitrogens is 1. The molecule has 0 saturated carbocycles. The summed E-state index contributed by atoms with van der Waals surface area (Å²) in [6, 6.07) is 76.0. The van der Waals surface area contributed by atoms with E-state index in [2.05, 4.69) is 229 Å². The molecule has 274 valence electrons. The van der Waals surface area contributed by atoms with Gasteiger partial charge in [-0.05, 0) is 95.4 Å². The Kier molecular flexibility index (Phi) is 8.04. The third-order valence-corrected chi connectivity index (χ3v) is 11.5. The Morgan fingerprint density at radius 1 is 0.414 bits per heavy atom. The molecule has 0 radical (unpaired) electrons. The van der Waals surface area contributed by atoms with Gasteiger partial charge in [-0.1, -0.05) is 152 Å². The van der Waals surface area contributed by atoms with E-state index in [0.717, 1.165) is 55.8 Å². The predicted octanol–water partition coefficient (Wildman–Crippen LogP) is 15.5. The van der Waals surface area contributed by atoms with Gasteiger partial charge in [0.05, 0.1) is 27.8 Å². The van der Waals surface area contributed by atoms with Crippen molar-refractivity contribution in [2.24, 2.45) is 0 Å². The van der Waals surface area contributed by atoms with E-state index in [1.165, 1.54) is 49.6 Å². The molecule has 0 fully saturated rings. The number of furan rings is 1. The molecule has 0 aliphatic heterocycles. The Hall–Kier alpha value is -7.62. The predicted molar refractivity (Wildman–Crippen MR) is 244 cm³/mol. The first-order valence-corrected chi connectivity index (χ1v) is 19.9. The summed E-state index contributed by atoms with van der Waals surface area (Å²) >= 11 is 0. The lowest BCUT2D eigenvalue weighted by atomic mass is 9.97. The number of aryl methyl sites for hydroxylation is 1. The number of para-hydroxylation sites is 4. The average molecular weight is 743 g/mol. The second-order valence-corrected chi connectivity index (χ2v) is 14.9. The molecule has 58 heavy (non-hydrogen) atoms. The third-order valence-electron chi connectivity index (χ3n) is 11.5. The summed E-state index contributed by atoms with van der Waals surface area (Å²) in [5.74, 6) is 0. The summed E-state index contributed by atoms with van der Waals surface area (Å²) < 4.78 is 9.39. The van der Waals surface area contributed by atoms with Crippen LogP contribution in [0.25, 0.3) is 82.8 Å². The van der Waals surface area contributed by atoms with Crippen LogP contribution in [0.3, 0.4) is 0 Å². The van der Waals surface area contributed by atoms with Crippen molar-refractivity contribution >= 4 is 60.8 Å². The zero-order valence-electron chi connectivity index (χ0n) is 32.0. The maximum absolute atomic E-state index is 6.99. The van der Waals surface area contributed by atoms with Crippen LogP contribution < -0.4 is 4.90 Å². The monoisotopic (exact) mass is 742 g/mol. The van der Waals surface area contributed by atoms with Crippen LogP contribution in [-0.2, 0) is 0 Å². The summed E-state index contributed by atoms with van der Waals surface area (Å²) in [6.45, 7) is 2.21. The summed E-state index contributed by atoms with van der Waals surface area (Å²) in [5.41, 5.74) is 16.5. The van der Waals surface area contributed by atoms with Crippen molar-refractivity contribution in [3.63, 3.8) is 0 Å². The van der Waals surface area contributed by atoms with Crippen LogP contribution in [0.1, 0.15) is 5.56 Å². The minimum atomic E-state index is 0.857. The smallest absolute Gasteiger partial charge is 0.145 e. The molecular weight excluding hydrogens is 705 g/mol. The van der Waals surface area contributed by atoms with Crippen molar-refractivity contribution in [2.75, 3.05) is 4.90 Å². The van der Waals surface area contributed by atoms with Gasteiger partial charge in [-0.15, -0.1) is 0 Å². The topological polar surface area (TPSA) is 21.3 Å². The van der Waals surface area contributed by atoms with Crippen LogP contribution in [0.2, 0.25) is 0 Å². The largest absolute Gasteiger partial charge is 0.455 e. The van der Waals surface area contributed by atoms with Gasteiger partial charge in [0, 0.05) is 38.7 Å². The minimum absolute atomic E-state index is 0.857. The van der Waals surface area contributed by atoms with E-state index in [4.69, 9.17) is 4.42 Å². The molecule has 3 heteroatoms. The van der Waals surface area contributed by atoms with Gasteiger partial charge in [-0.3, -0.25) is 0 Å². The lowest BCUT2D eigenvalue weighted by Gasteiger charge is -2.28. The molecule has 0 saturated heterocycles. The van der Waals surface area contributed by atoms with Crippen LogP contribution in [0.4, 0.5) is 17.1 Å². The highest BCUT2D eigenvalue weighted by atomic mass is 16.3. The van der Waals surface area contributed by atoms with Gasteiger partial charge in [0.15, 0.2) is 0 Å². The van der Waals surface area contributed by atoms with Gasteiger partial charge in [-0.25, -0.2) is 0 Å². The van der Waals surface area contributed by atoms with Gasteiger partial charge in [0.25, 0.3) is 0 Å². The Bertz CT molecular complexity index is 3230. The lowest BCUT2D eigenvalue weighted by Crippen LogP contribution is -2.11. The zero-order valence-corrected chi connectivity index (χ0v) is 32.0. The zero-order chi connectivity index (χ0) is 38.6. The number of fused-ring (bicyclic) bond motifs is 6. The van der Waals surface area contributed by atoms with Crippen LogP contribution in [0.15, 0.2) is 217 Å². The SMILES string of the molecule is Cc1cc(N(c2ccc(-c3ccccc3)cc2)c2ccc(-c3ccccc3-n3c4ccccc4c4ccccc43)c3oc4ccccc4c23)ccc1-c1ccccc1. The van der Waals surface area contributed by atoms with E-state index in [-0.39, 0.29) is 0 Å². The van der Waals surface area contributed by atoms with Crippen LogP contribution in [-0.4, -0.2) is 4.57 Å². The fraction of sp³-hybridized carbons (Fsp3) is 0.0182. The molecule has 0 N–H and O–H groups in total. The number of hydrogen-bond donors (Lipinski definition) is 0. The average Bonchev–Trinajstić information content (AvgIpc) is 3.84. The Labute approximate surface area is 337 Å². The quantitative estimate of drug-likeness (QED) is 0.162. The summed E-state index contributed by atoms with van der Waals surface area (Å²) in [7, 11) is 0. The maximum atomic E-state index is 6.99. The summed E-state index contributed by atoms with van der Waals surface area (Å²) in [4.78, 5) is 2.39. The van der Waals surface area contributed by atoms with Crippen LogP contribution in [0, 0.1) is 6.92 Å². The first-order chi connectivity index (χ1) is 28.7. The number of anilines is 3. The molecule has 2 heterocycles. The number of rotatable bonds is 7. The molecule has 0 amide bonds. The second-order valence-electron chi connectivity index (χ2n) is 14.9. The molecule has 3 nitrogen and oxygen atoms in total. The van der Waals surface area contributed by atoms with Crippen molar-refractivity contribution in [1.29, 1.82) is 0 Å². The first-order valence-electron chi connectivity index (χ1n) is 19.9. The van der Waals surface area contributed by atoms with E-state index < -0.39 is 0 Å². The lowest BCUT2D eigenvalue weighted by molar-refractivity contribution is 0.670. The standard InChI is InChI=1S/C55H38N2O/c1-37-36-42(32-33-43(37)40-18-6-3-7-19-40)56(41-30-28-39(29-31-41)38-16-4-2-5-17-38)52-35-34-47(55-54(52)48-23-11-15-27-53(48)58-55)46-22-10-14-26-51(46)57-49-24-12-8-20-44(49)45-21-9-13-25-50(45)57/h2-36H,1H3. The molecular formula is C55H38N2O. The molecule has 0 spiro atoms. The molecule has 11 rings (SSSR count). The summed E-state index contributed by atoms with van der Waals surface area (Å²) in [5, 5.41) is 4.62. The number of benzene rings is 9.